The monoisotopic (exact) mass is 423 g/mol. The molecule has 2 N–H and O–H groups in total. The minimum absolute atomic E-state index is 0. The van der Waals surface area contributed by atoms with E-state index in [9.17, 15) is 13.2 Å². The molecule has 0 aliphatic carbocycles. The van der Waals surface area contributed by atoms with Crippen LogP contribution < -0.4 is 14.9 Å². The van der Waals surface area contributed by atoms with Crippen molar-refractivity contribution in [2.45, 2.75) is 17.7 Å². The molecule has 1 fully saturated rings. The van der Waals surface area contributed by atoms with E-state index in [0.29, 0.717) is 23.7 Å². The number of hydrogen-bond acceptors (Lipinski definition) is 4. The molecule has 0 aromatic heterocycles. The average Bonchev–Trinajstić information content (AvgIpc) is 3.21. The van der Waals surface area contributed by atoms with Crippen molar-refractivity contribution in [2.24, 2.45) is 5.92 Å². The lowest BCUT2D eigenvalue weighted by Crippen LogP contribution is -2.28. The summed E-state index contributed by atoms with van der Waals surface area (Å²) in [5, 5.41) is 6.20. The molecule has 1 amide bonds. The Morgan fingerprint density at radius 3 is 2.61 bits per heavy atom. The van der Waals surface area contributed by atoms with Crippen LogP contribution in [-0.2, 0) is 10.0 Å². The molecule has 2 aromatic rings. The predicted octanol–water partition coefficient (Wildman–Crippen LogP) is 2.66. The number of para-hydroxylation sites is 1. The molecule has 1 aliphatic rings. The molecule has 2 aromatic carbocycles. The second kappa shape index (κ2) is 9.91. The summed E-state index contributed by atoms with van der Waals surface area (Å²) in [6, 6.07) is 15.0. The second-order valence-electron chi connectivity index (χ2n) is 6.74. The first-order chi connectivity index (χ1) is 13.0. The zero-order valence-electron chi connectivity index (χ0n) is 15.8. The lowest BCUT2D eigenvalue weighted by molar-refractivity contribution is 0.0951. The number of rotatable bonds is 7. The van der Waals surface area contributed by atoms with Crippen LogP contribution in [-0.4, -0.2) is 41.0 Å². The molecule has 3 rings (SSSR count). The first-order valence-electron chi connectivity index (χ1n) is 9.11. The molecule has 28 heavy (non-hydrogen) atoms. The molecule has 0 spiro atoms. The zero-order valence-corrected chi connectivity index (χ0v) is 17.4. The normalized spacial score (nSPS) is 16.2. The third kappa shape index (κ3) is 5.25. The molecule has 1 aliphatic heterocycles. The van der Waals surface area contributed by atoms with Gasteiger partial charge in [0.05, 0.1) is 10.6 Å². The predicted molar refractivity (Wildman–Crippen MR) is 114 cm³/mol. The van der Waals surface area contributed by atoms with Gasteiger partial charge in [0.2, 0.25) is 0 Å². The summed E-state index contributed by atoms with van der Waals surface area (Å²) in [4.78, 5) is 12.5. The van der Waals surface area contributed by atoms with Crippen molar-refractivity contribution in [3.63, 3.8) is 0 Å². The maximum absolute atomic E-state index is 12.9. The zero-order chi connectivity index (χ0) is 19.3. The first kappa shape index (κ1) is 22.2. The molecule has 0 bridgehead atoms. The van der Waals surface area contributed by atoms with Gasteiger partial charge < -0.3 is 10.6 Å². The summed E-state index contributed by atoms with van der Waals surface area (Å²) < 4.78 is 27.0. The van der Waals surface area contributed by atoms with E-state index < -0.39 is 10.0 Å². The highest BCUT2D eigenvalue weighted by Crippen LogP contribution is 2.22. The van der Waals surface area contributed by atoms with Crippen LogP contribution in [0.5, 0.6) is 0 Å². The maximum atomic E-state index is 12.9. The highest BCUT2D eigenvalue weighted by molar-refractivity contribution is 7.92. The maximum Gasteiger partial charge on any atom is 0.264 e. The van der Waals surface area contributed by atoms with Crippen molar-refractivity contribution in [3.8, 4) is 0 Å². The van der Waals surface area contributed by atoms with E-state index in [2.05, 4.69) is 10.6 Å². The Balaban J connectivity index is 0.00000280. The van der Waals surface area contributed by atoms with Crippen LogP contribution in [0.1, 0.15) is 23.2 Å². The number of carbonyl (C=O) groups is 1. The summed E-state index contributed by atoms with van der Waals surface area (Å²) in [5.74, 6) is 0.344. The molecule has 6 nitrogen and oxygen atoms in total. The number of nitrogens with zero attached hydrogens (tertiary/aromatic N) is 1. The Bertz CT molecular complexity index is 885. The Morgan fingerprint density at radius 2 is 1.93 bits per heavy atom. The summed E-state index contributed by atoms with van der Waals surface area (Å²) in [7, 11) is -2.23. The fourth-order valence-electron chi connectivity index (χ4n) is 3.19. The Morgan fingerprint density at radius 1 is 1.18 bits per heavy atom. The number of sulfonamides is 1. The number of halogens is 1. The summed E-state index contributed by atoms with van der Waals surface area (Å²) in [5.41, 5.74) is 0.916. The Labute approximate surface area is 172 Å². The lowest BCUT2D eigenvalue weighted by Gasteiger charge is -2.19. The summed E-state index contributed by atoms with van der Waals surface area (Å²) in [6.45, 7) is 2.62. The van der Waals surface area contributed by atoms with Crippen molar-refractivity contribution in [3.05, 3.63) is 60.2 Å². The van der Waals surface area contributed by atoms with Gasteiger partial charge >= 0.3 is 0 Å². The van der Waals surface area contributed by atoms with E-state index in [0.717, 1.165) is 25.9 Å². The van der Waals surface area contributed by atoms with E-state index >= 15 is 0 Å². The molecule has 0 radical (unpaired) electrons. The minimum Gasteiger partial charge on any atom is -0.352 e. The van der Waals surface area contributed by atoms with Crippen LogP contribution in [0.25, 0.3) is 0 Å². The van der Waals surface area contributed by atoms with Crippen LogP contribution in [0.3, 0.4) is 0 Å². The largest absolute Gasteiger partial charge is 0.352 e. The topological polar surface area (TPSA) is 78.5 Å². The van der Waals surface area contributed by atoms with Gasteiger partial charge in [0.1, 0.15) is 0 Å². The smallest absolute Gasteiger partial charge is 0.264 e. The van der Waals surface area contributed by atoms with Gasteiger partial charge in [-0.15, -0.1) is 12.4 Å². The molecule has 8 heteroatoms. The fourth-order valence-corrected chi connectivity index (χ4v) is 4.43. The van der Waals surface area contributed by atoms with Crippen LogP contribution >= 0.6 is 12.4 Å². The third-order valence-electron chi connectivity index (χ3n) is 4.87. The summed E-state index contributed by atoms with van der Waals surface area (Å²) in [6.07, 6.45) is 2.06. The molecular weight excluding hydrogens is 398 g/mol. The van der Waals surface area contributed by atoms with E-state index in [1.807, 2.05) is 6.07 Å². The van der Waals surface area contributed by atoms with Crippen LogP contribution in [0.4, 0.5) is 5.69 Å². The number of benzene rings is 2. The molecular formula is C20H26ClN3O3S. The molecule has 152 valence electrons. The highest BCUT2D eigenvalue weighted by Gasteiger charge is 2.22. The number of anilines is 1. The lowest BCUT2D eigenvalue weighted by atomic mass is 10.1. The number of hydrogen-bond donors (Lipinski definition) is 2. The Kier molecular flexibility index (Phi) is 7.86. The SMILES string of the molecule is CN(c1ccccc1)S(=O)(=O)c1cccc(C(=O)NCCC2CCNC2)c1.Cl. The second-order valence-corrected chi connectivity index (χ2v) is 8.71. The van der Waals surface area contributed by atoms with Crippen LogP contribution in [0.15, 0.2) is 59.5 Å². The molecule has 0 saturated carbocycles. The quantitative estimate of drug-likeness (QED) is 0.717. The number of nitrogens with one attached hydrogen (secondary N) is 2. The van der Waals surface area contributed by atoms with Gasteiger partial charge in [-0.1, -0.05) is 24.3 Å². The van der Waals surface area contributed by atoms with Crippen molar-refractivity contribution >= 4 is 34.0 Å². The fraction of sp³-hybridized carbons (Fsp3) is 0.350. The van der Waals surface area contributed by atoms with Crippen molar-refractivity contribution < 1.29 is 13.2 Å². The van der Waals surface area contributed by atoms with E-state index in [4.69, 9.17) is 0 Å². The van der Waals surface area contributed by atoms with Gasteiger partial charge in [0.25, 0.3) is 15.9 Å². The van der Waals surface area contributed by atoms with Gasteiger partial charge in [-0.2, -0.15) is 0 Å². The summed E-state index contributed by atoms with van der Waals surface area (Å²) >= 11 is 0. The molecule has 1 atom stereocenters. The van der Waals surface area contributed by atoms with Crippen LogP contribution in [0, 0.1) is 5.92 Å². The van der Waals surface area contributed by atoms with Gasteiger partial charge in [-0.3, -0.25) is 9.10 Å². The highest BCUT2D eigenvalue weighted by atomic mass is 35.5. The average molecular weight is 424 g/mol. The third-order valence-corrected chi connectivity index (χ3v) is 6.66. The molecule has 1 saturated heterocycles. The van der Waals surface area contributed by atoms with Gasteiger partial charge in [0.15, 0.2) is 0 Å². The molecule has 1 unspecified atom stereocenters. The first-order valence-corrected chi connectivity index (χ1v) is 10.6. The van der Waals surface area contributed by atoms with Crippen LogP contribution in [0.2, 0.25) is 0 Å². The van der Waals surface area contributed by atoms with Gasteiger partial charge in [0, 0.05) is 19.2 Å². The number of amides is 1. The minimum atomic E-state index is -3.74. The van der Waals surface area contributed by atoms with E-state index in [1.165, 1.54) is 23.5 Å². The van der Waals surface area contributed by atoms with Gasteiger partial charge in [-0.25, -0.2) is 8.42 Å². The number of carbonyl (C=O) groups excluding carboxylic acids is 1. The van der Waals surface area contributed by atoms with Crippen molar-refractivity contribution in [1.29, 1.82) is 0 Å². The van der Waals surface area contributed by atoms with Crippen molar-refractivity contribution in [1.82, 2.24) is 10.6 Å². The van der Waals surface area contributed by atoms with Gasteiger partial charge in [-0.05, 0) is 62.2 Å². The van der Waals surface area contributed by atoms with Crippen molar-refractivity contribution in [2.75, 3.05) is 31.0 Å². The molecule has 1 heterocycles. The Hall–Kier alpha value is -2.09. The van der Waals surface area contributed by atoms with E-state index in [-0.39, 0.29) is 23.2 Å². The standard InChI is InChI=1S/C20H25N3O3S.ClH/c1-23(18-7-3-2-4-8-18)27(25,26)19-9-5-6-17(14-19)20(24)22-13-11-16-10-12-21-15-16;/h2-9,14,16,21H,10-13,15H2,1H3,(H,22,24);1H. The van der Waals surface area contributed by atoms with E-state index in [1.54, 1.807) is 36.4 Å².